The predicted molar refractivity (Wildman–Crippen MR) is 71.9 cm³/mol. The predicted octanol–water partition coefficient (Wildman–Crippen LogP) is 1.52. The molecule has 0 aromatic heterocycles. The standard InChI is InChI=1S/C12H24BrNO3/c1-11-10-17-12(8-13)9-14(11)4-7-16-6-3-5-15-2/h11-12H,3-10H2,1-2H3. The lowest BCUT2D eigenvalue weighted by atomic mass is 10.2. The van der Waals surface area contributed by atoms with E-state index in [1.165, 1.54) is 0 Å². The van der Waals surface area contributed by atoms with Gasteiger partial charge < -0.3 is 14.2 Å². The molecule has 4 nitrogen and oxygen atoms in total. The summed E-state index contributed by atoms with van der Waals surface area (Å²) in [6.07, 6.45) is 1.29. The largest absolute Gasteiger partial charge is 0.385 e. The van der Waals surface area contributed by atoms with Crippen LogP contribution in [0.25, 0.3) is 0 Å². The molecule has 17 heavy (non-hydrogen) atoms. The van der Waals surface area contributed by atoms with Gasteiger partial charge in [0, 0.05) is 44.8 Å². The zero-order chi connectivity index (χ0) is 12.5. The summed E-state index contributed by atoms with van der Waals surface area (Å²) >= 11 is 3.47. The van der Waals surface area contributed by atoms with Crippen molar-refractivity contribution >= 4 is 15.9 Å². The van der Waals surface area contributed by atoms with Crippen LogP contribution in [0.3, 0.4) is 0 Å². The maximum atomic E-state index is 5.68. The highest BCUT2D eigenvalue weighted by molar-refractivity contribution is 9.09. The molecule has 5 heteroatoms. The maximum Gasteiger partial charge on any atom is 0.0799 e. The number of rotatable bonds is 8. The number of halogens is 1. The third-order valence-electron chi connectivity index (χ3n) is 2.97. The van der Waals surface area contributed by atoms with Gasteiger partial charge in [0.1, 0.15) is 0 Å². The molecule has 0 saturated carbocycles. The van der Waals surface area contributed by atoms with Crippen LogP contribution < -0.4 is 0 Å². The van der Waals surface area contributed by atoms with Crippen molar-refractivity contribution in [3.05, 3.63) is 0 Å². The van der Waals surface area contributed by atoms with E-state index in [4.69, 9.17) is 14.2 Å². The minimum Gasteiger partial charge on any atom is -0.385 e. The van der Waals surface area contributed by atoms with Gasteiger partial charge in [-0.05, 0) is 13.3 Å². The average molecular weight is 310 g/mol. The van der Waals surface area contributed by atoms with E-state index in [2.05, 4.69) is 27.8 Å². The molecule has 102 valence electrons. The Morgan fingerprint density at radius 3 is 2.88 bits per heavy atom. The quantitative estimate of drug-likeness (QED) is 0.502. The highest BCUT2D eigenvalue weighted by Crippen LogP contribution is 2.12. The van der Waals surface area contributed by atoms with Crippen molar-refractivity contribution in [3.63, 3.8) is 0 Å². The van der Waals surface area contributed by atoms with Crippen LogP contribution in [0.4, 0.5) is 0 Å². The molecule has 1 rings (SSSR count). The molecular formula is C12H24BrNO3. The van der Waals surface area contributed by atoms with Crippen LogP contribution in [0.1, 0.15) is 13.3 Å². The second kappa shape index (κ2) is 9.28. The fourth-order valence-electron chi connectivity index (χ4n) is 1.87. The molecule has 1 aliphatic rings. The first-order valence-corrected chi connectivity index (χ1v) is 7.38. The van der Waals surface area contributed by atoms with E-state index >= 15 is 0 Å². The van der Waals surface area contributed by atoms with Gasteiger partial charge in [0.05, 0.1) is 19.3 Å². The van der Waals surface area contributed by atoms with E-state index in [-0.39, 0.29) is 0 Å². The topological polar surface area (TPSA) is 30.9 Å². The lowest BCUT2D eigenvalue weighted by Crippen LogP contribution is -2.49. The van der Waals surface area contributed by atoms with Gasteiger partial charge >= 0.3 is 0 Å². The van der Waals surface area contributed by atoms with Gasteiger partial charge in [0.25, 0.3) is 0 Å². The summed E-state index contributed by atoms with van der Waals surface area (Å²) in [7, 11) is 1.72. The van der Waals surface area contributed by atoms with E-state index in [9.17, 15) is 0 Å². The molecule has 2 atom stereocenters. The van der Waals surface area contributed by atoms with E-state index in [1.54, 1.807) is 7.11 Å². The molecule has 1 saturated heterocycles. The van der Waals surface area contributed by atoms with Crippen molar-refractivity contribution < 1.29 is 14.2 Å². The molecule has 0 aliphatic carbocycles. The minimum absolute atomic E-state index is 0.319. The molecule has 0 radical (unpaired) electrons. The third-order valence-corrected chi connectivity index (χ3v) is 3.69. The van der Waals surface area contributed by atoms with Crippen LogP contribution in [-0.4, -0.2) is 69.0 Å². The Morgan fingerprint density at radius 2 is 2.18 bits per heavy atom. The van der Waals surface area contributed by atoms with Crippen LogP contribution in [0.5, 0.6) is 0 Å². The molecule has 0 amide bonds. The van der Waals surface area contributed by atoms with Crippen molar-refractivity contribution in [1.29, 1.82) is 0 Å². The molecule has 0 aromatic rings. The first-order valence-electron chi connectivity index (χ1n) is 6.26. The molecule has 0 spiro atoms. The average Bonchev–Trinajstić information content (AvgIpc) is 2.35. The highest BCUT2D eigenvalue weighted by Gasteiger charge is 2.24. The number of methoxy groups -OCH3 is 1. The van der Waals surface area contributed by atoms with Crippen LogP contribution >= 0.6 is 15.9 Å². The maximum absolute atomic E-state index is 5.68. The summed E-state index contributed by atoms with van der Waals surface area (Å²) in [5.74, 6) is 0. The molecule has 0 aromatic carbocycles. The van der Waals surface area contributed by atoms with Crippen molar-refractivity contribution in [1.82, 2.24) is 4.90 Å². The number of morpholine rings is 1. The fraction of sp³-hybridized carbons (Fsp3) is 1.00. The van der Waals surface area contributed by atoms with Gasteiger partial charge in [-0.3, -0.25) is 4.90 Å². The molecular weight excluding hydrogens is 286 g/mol. The Labute approximate surface area is 113 Å². The molecule has 1 fully saturated rings. The van der Waals surface area contributed by atoms with E-state index in [1.807, 2.05) is 0 Å². The van der Waals surface area contributed by atoms with Gasteiger partial charge in [-0.15, -0.1) is 0 Å². The van der Waals surface area contributed by atoms with Gasteiger partial charge in [-0.25, -0.2) is 0 Å². The minimum atomic E-state index is 0.319. The normalized spacial score (nSPS) is 26.3. The first-order chi connectivity index (χ1) is 8.27. The Morgan fingerprint density at radius 1 is 1.35 bits per heavy atom. The Bertz CT molecular complexity index is 195. The first kappa shape index (κ1) is 15.4. The van der Waals surface area contributed by atoms with Crippen molar-refractivity contribution in [2.45, 2.75) is 25.5 Å². The zero-order valence-corrected chi connectivity index (χ0v) is 12.4. The third kappa shape index (κ3) is 6.15. The van der Waals surface area contributed by atoms with Crippen LogP contribution in [-0.2, 0) is 14.2 Å². The second-order valence-corrected chi connectivity index (χ2v) is 5.06. The number of hydrogen-bond donors (Lipinski definition) is 0. The summed E-state index contributed by atoms with van der Waals surface area (Å²) in [6.45, 7) is 7.36. The van der Waals surface area contributed by atoms with E-state index in [0.29, 0.717) is 12.1 Å². The monoisotopic (exact) mass is 309 g/mol. The molecule has 0 bridgehead atoms. The zero-order valence-electron chi connectivity index (χ0n) is 10.9. The number of hydrogen-bond acceptors (Lipinski definition) is 4. The summed E-state index contributed by atoms with van der Waals surface area (Å²) in [5, 5.41) is 0.908. The Balaban J connectivity index is 2.07. The summed E-state index contributed by atoms with van der Waals surface area (Å²) < 4.78 is 16.2. The van der Waals surface area contributed by atoms with Crippen molar-refractivity contribution in [2.24, 2.45) is 0 Å². The van der Waals surface area contributed by atoms with Gasteiger partial charge in [-0.2, -0.15) is 0 Å². The molecule has 1 heterocycles. The smallest absolute Gasteiger partial charge is 0.0799 e. The van der Waals surface area contributed by atoms with Gasteiger partial charge in [0.2, 0.25) is 0 Å². The van der Waals surface area contributed by atoms with E-state index < -0.39 is 0 Å². The fourth-order valence-corrected chi connectivity index (χ4v) is 2.26. The Hall–Kier alpha value is 0.320. The summed E-state index contributed by atoms with van der Waals surface area (Å²) in [4.78, 5) is 2.44. The van der Waals surface area contributed by atoms with Gasteiger partial charge in [-0.1, -0.05) is 15.9 Å². The van der Waals surface area contributed by atoms with Crippen molar-refractivity contribution in [3.8, 4) is 0 Å². The number of nitrogens with zero attached hydrogens (tertiary/aromatic N) is 1. The second-order valence-electron chi connectivity index (χ2n) is 4.41. The van der Waals surface area contributed by atoms with Crippen LogP contribution in [0.15, 0.2) is 0 Å². The molecule has 2 unspecified atom stereocenters. The SMILES string of the molecule is COCCCOCCN1CC(CBr)OCC1C. The highest BCUT2D eigenvalue weighted by atomic mass is 79.9. The summed E-state index contributed by atoms with van der Waals surface area (Å²) in [5.41, 5.74) is 0. The van der Waals surface area contributed by atoms with Crippen LogP contribution in [0, 0.1) is 0 Å². The lowest BCUT2D eigenvalue weighted by Gasteiger charge is -2.37. The van der Waals surface area contributed by atoms with Gasteiger partial charge in [0.15, 0.2) is 0 Å². The molecule has 1 aliphatic heterocycles. The van der Waals surface area contributed by atoms with E-state index in [0.717, 1.165) is 51.3 Å². The summed E-state index contributed by atoms with van der Waals surface area (Å²) in [6, 6.07) is 0.493. The Kier molecular flexibility index (Phi) is 8.39. The number of alkyl halides is 1. The van der Waals surface area contributed by atoms with Crippen LogP contribution in [0.2, 0.25) is 0 Å². The van der Waals surface area contributed by atoms with Crippen molar-refractivity contribution in [2.75, 3.05) is 52.0 Å². The lowest BCUT2D eigenvalue weighted by molar-refractivity contribution is -0.0548. The number of ether oxygens (including phenoxy) is 3. The molecule has 0 N–H and O–H groups in total.